The lowest BCUT2D eigenvalue weighted by Crippen LogP contribution is -2.12. The Kier molecular flexibility index (Phi) is 4.50. The number of anilines is 3. The number of para-hydroxylation sites is 1. The third-order valence-electron chi connectivity index (χ3n) is 3.50. The van der Waals surface area contributed by atoms with E-state index in [0.717, 1.165) is 5.75 Å². The molecule has 0 aliphatic rings. The zero-order valence-electron chi connectivity index (χ0n) is 13.8. The van der Waals surface area contributed by atoms with E-state index < -0.39 is 0 Å². The van der Waals surface area contributed by atoms with Crippen LogP contribution in [0.3, 0.4) is 0 Å². The van der Waals surface area contributed by atoms with Crippen molar-refractivity contribution in [1.29, 1.82) is 0 Å². The number of hydrogen-bond acceptors (Lipinski definition) is 8. The van der Waals surface area contributed by atoms with Gasteiger partial charge in [-0.15, -0.1) is 0 Å². The first-order chi connectivity index (χ1) is 12.9. The second-order valence-corrected chi connectivity index (χ2v) is 5.31. The topological polar surface area (TPSA) is 114 Å². The first-order valence-electron chi connectivity index (χ1n) is 8.04. The second kappa shape index (κ2) is 7.43. The van der Waals surface area contributed by atoms with Crippen molar-refractivity contribution in [3.05, 3.63) is 55.2 Å². The summed E-state index contributed by atoms with van der Waals surface area (Å²) >= 11 is 0. The number of H-pyrrole nitrogens is 1. The Labute approximate surface area is 148 Å². The lowest BCUT2D eigenvalue weighted by molar-refractivity contribution is 0.333. The second-order valence-electron chi connectivity index (χ2n) is 5.31. The third kappa shape index (κ3) is 3.66. The van der Waals surface area contributed by atoms with Crippen molar-refractivity contribution in [2.45, 2.75) is 0 Å². The predicted octanol–water partition coefficient (Wildman–Crippen LogP) is 2.38. The van der Waals surface area contributed by atoms with Crippen molar-refractivity contribution in [1.82, 2.24) is 29.9 Å². The summed E-state index contributed by atoms with van der Waals surface area (Å²) in [6.45, 7) is 1.10. The maximum atomic E-state index is 5.66. The Morgan fingerprint density at radius 2 is 1.96 bits per heavy atom. The molecule has 0 bridgehead atoms. The number of aromatic amines is 1. The van der Waals surface area contributed by atoms with Crippen LogP contribution in [-0.2, 0) is 0 Å². The lowest BCUT2D eigenvalue weighted by Gasteiger charge is -2.08. The van der Waals surface area contributed by atoms with E-state index in [9.17, 15) is 0 Å². The van der Waals surface area contributed by atoms with Gasteiger partial charge in [0.25, 0.3) is 0 Å². The summed E-state index contributed by atoms with van der Waals surface area (Å²) in [6.07, 6.45) is 6.29. The molecule has 0 unspecified atom stereocenters. The summed E-state index contributed by atoms with van der Waals surface area (Å²) in [4.78, 5) is 24.1. The molecule has 0 aliphatic heterocycles. The molecule has 0 aliphatic carbocycles. The highest BCUT2D eigenvalue weighted by molar-refractivity contribution is 5.84. The van der Waals surface area contributed by atoms with Crippen LogP contribution in [0.1, 0.15) is 0 Å². The van der Waals surface area contributed by atoms with Gasteiger partial charge in [-0.3, -0.25) is 4.98 Å². The Morgan fingerprint density at radius 3 is 2.81 bits per heavy atom. The van der Waals surface area contributed by atoms with E-state index in [2.05, 4.69) is 40.5 Å². The molecule has 0 atom stereocenters. The maximum absolute atomic E-state index is 5.66. The molecular weight excluding hydrogens is 332 g/mol. The molecule has 1 aromatic carbocycles. The quantitative estimate of drug-likeness (QED) is 0.436. The van der Waals surface area contributed by atoms with Gasteiger partial charge < -0.3 is 20.4 Å². The molecule has 4 rings (SSSR count). The van der Waals surface area contributed by atoms with Crippen molar-refractivity contribution >= 4 is 28.7 Å². The van der Waals surface area contributed by atoms with Crippen LogP contribution in [0.25, 0.3) is 11.2 Å². The molecule has 9 nitrogen and oxygen atoms in total. The van der Waals surface area contributed by atoms with Crippen LogP contribution >= 0.6 is 0 Å². The van der Waals surface area contributed by atoms with Crippen molar-refractivity contribution < 1.29 is 4.74 Å². The SMILES string of the molecule is c1ccc(OCCNc2ncnc3nc(Nc4cnccn4)[nH]c23)cc1. The van der Waals surface area contributed by atoms with Gasteiger partial charge in [-0.25, -0.2) is 15.0 Å². The van der Waals surface area contributed by atoms with Crippen molar-refractivity contribution in [3.8, 4) is 5.75 Å². The monoisotopic (exact) mass is 348 g/mol. The standard InChI is InChI=1S/C17H16N8O/c1-2-4-12(5-3-1)26-9-8-20-15-14-16(22-11-21-15)25-17(24-14)23-13-10-18-6-7-19-13/h1-7,10-11H,8-9H2,(H3,19,20,21,22,23,24,25). The van der Waals surface area contributed by atoms with Gasteiger partial charge in [-0.1, -0.05) is 18.2 Å². The van der Waals surface area contributed by atoms with Gasteiger partial charge >= 0.3 is 0 Å². The highest BCUT2D eigenvalue weighted by Gasteiger charge is 2.10. The fraction of sp³-hybridized carbons (Fsp3) is 0.118. The minimum absolute atomic E-state index is 0.508. The van der Waals surface area contributed by atoms with Crippen LogP contribution < -0.4 is 15.4 Å². The molecule has 130 valence electrons. The van der Waals surface area contributed by atoms with E-state index in [-0.39, 0.29) is 0 Å². The Hall–Kier alpha value is -3.75. The van der Waals surface area contributed by atoms with Crippen molar-refractivity contribution in [3.63, 3.8) is 0 Å². The molecule has 0 fully saturated rings. The van der Waals surface area contributed by atoms with E-state index >= 15 is 0 Å². The summed E-state index contributed by atoms with van der Waals surface area (Å²) in [5, 5.41) is 6.28. The Bertz CT molecular complexity index is 974. The van der Waals surface area contributed by atoms with Gasteiger partial charge in [0.1, 0.15) is 24.2 Å². The number of aromatic nitrogens is 6. The molecule has 4 aromatic rings. The smallest absolute Gasteiger partial charge is 0.208 e. The largest absolute Gasteiger partial charge is 0.492 e. The zero-order chi connectivity index (χ0) is 17.6. The minimum atomic E-state index is 0.508. The molecule has 3 heterocycles. The van der Waals surface area contributed by atoms with E-state index in [0.29, 0.717) is 41.9 Å². The minimum Gasteiger partial charge on any atom is -0.492 e. The van der Waals surface area contributed by atoms with E-state index in [1.54, 1.807) is 18.6 Å². The Morgan fingerprint density at radius 1 is 1.04 bits per heavy atom. The van der Waals surface area contributed by atoms with Gasteiger partial charge in [-0.2, -0.15) is 4.98 Å². The van der Waals surface area contributed by atoms with Crippen LogP contribution in [-0.4, -0.2) is 43.1 Å². The fourth-order valence-electron chi connectivity index (χ4n) is 2.36. The molecule has 0 spiro atoms. The number of benzene rings is 1. The Balaban J connectivity index is 1.42. The molecule has 3 N–H and O–H groups in total. The number of imidazole rings is 1. The fourth-order valence-corrected chi connectivity index (χ4v) is 2.36. The van der Waals surface area contributed by atoms with E-state index in [1.165, 1.54) is 6.33 Å². The summed E-state index contributed by atoms with van der Waals surface area (Å²) in [6, 6.07) is 9.66. The molecule has 0 amide bonds. The molecular formula is C17H16N8O. The van der Waals surface area contributed by atoms with Crippen LogP contribution in [0.2, 0.25) is 0 Å². The number of nitrogens with zero attached hydrogens (tertiary/aromatic N) is 5. The van der Waals surface area contributed by atoms with Crippen LogP contribution in [0.15, 0.2) is 55.2 Å². The van der Waals surface area contributed by atoms with Gasteiger partial charge in [0.05, 0.1) is 12.7 Å². The summed E-state index contributed by atoms with van der Waals surface area (Å²) in [5.74, 6) is 2.60. The lowest BCUT2D eigenvalue weighted by atomic mass is 10.3. The number of ether oxygens (including phenoxy) is 1. The predicted molar refractivity (Wildman–Crippen MR) is 97.4 cm³/mol. The van der Waals surface area contributed by atoms with Gasteiger partial charge in [0, 0.05) is 12.4 Å². The number of nitrogens with one attached hydrogen (secondary N) is 3. The number of fused-ring (bicyclic) bond motifs is 1. The van der Waals surface area contributed by atoms with Gasteiger partial charge in [0.2, 0.25) is 5.95 Å². The van der Waals surface area contributed by atoms with Gasteiger partial charge in [-0.05, 0) is 12.1 Å². The molecule has 0 saturated heterocycles. The molecule has 3 aromatic heterocycles. The first-order valence-corrected chi connectivity index (χ1v) is 8.04. The molecule has 9 heteroatoms. The van der Waals surface area contributed by atoms with Crippen LogP contribution in [0, 0.1) is 0 Å². The highest BCUT2D eigenvalue weighted by atomic mass is 16.5. The third-order valence-corrected chi connectivity index (χ3v) is 3.50. The van der Waals surface area contributed by atoms with Crippen LogP contribution in [0.5, 0.6) is 5.75 Å². The van der Waals surface area contributed by atoms with Crippen molar-refractivity contribution in [2.24, 2.45) is 0 Å². The average molecular weight is 348 g/mol. The van der Waals surface area contributed by atoms with E-state index in [1.807, 2.05) is 30.3 Å². The molecule has 0 radical (unpaired) electrons. The first kappa shape index (κ1) is 15.8. The van der Waals surface area contributed by atoms with Crippen molar-refractivity contribution in [2.75, 3.05) is 23.8 Å². The number of rotatable bonds is 7. The summed E-state index contributed by atoms with van der Waals surface area (Å²) in [5.41, 5.74) is 1.26. The summed E-state index contributed by atoms with van der Waals surface area (Å²) < 4.78 is 5.66. The zero-order valence-corrected chi connectivity index (χ0v) is 13.8. The van der Waals surface area contributed by atoms with Crippen LogP contribution in [0.4, 0.5) is 17.6 Å². The number of hydrogen-bond donors (Lipinski definition) is 3. The average Bonchev–Trinajstić information content (AvgIpc) is 3.10. The molecule has 0 saturated carbocycles. The van der Waals surface area contributed by atoms with E-state index in [4.69, 9.17) is 4.74 Å². The van der Waals surface area contributed by atoms with Gasteiger partial charge in [0.15, 0.2) is 17.3 Å². The molecule has 26 heavy (non-hydrogen) atoms. The normalized spacial score (nSPS) is 10.6. The highest BCUT2D eigenvalue weighted by Crippen LogP contribution is 2.20. The summed E-state index contributed by atoms with van der Waals surface area (Å²) in [7, 11) is 0. The maximum Gasteiger partial charge on any atom is 0.208 e.